The lowest BCUT2D eigenvalue weighted by molar-refractivity contribution is -0.0336. The summed E-state index contributed by atoms with van der Waals surface area (Å²) in [5.74, 6) is -0.0750. The maximum absolute atomic E-state index is 13.3. The lowest BCUT2D eigenvalue weighted by atomic mass is 9.69. The molecule has 2 N–H and O–H groups in total. The summed E-state index contributed by atoms with van der Waals surface area (Å²) in [5, 5.41) is 8.08. The van der Waals surface area contributed by atoms with E-state index in [4.69, 9.17) is 9.47 Å². The van der Waals surface area contributed by atoms with E-state index in [1.54, 1.807) is 18.2 Å². The van der Waals surface area contributed by atoms with Crippen LogP contribution in [0.4, 0.5) is 10.1 Å². The Morgan fingerprint density at radius 3 is 2.90 bits per heavy atom. The molecule has 2 aliphatic heterocycles. The van der Waals surface area contributed by atoms with Crippen molar-refractivity contribution in [2.75, 3.05) is 18.6 Å². The highest BCUT2D eigenvalue weighted by Crippen LogP contribution is 2.56. The van der Waals surface area contributed by atoms with Crippen LogP contribution in [0.3, 0.4) is 0 Å². The van der Waals surface area contributed by atoms with Gasteiger partial charge in [-0.1, -0.05) is 0 Å². The summed E-state index contributed by atoms with van der Waals surface area (Å²) in [6.07, 6.45) is 4.37. The number of nitrogens with zero attached hydrogens (tertiary/aromatic N) is 2. The third-order valence-electron chi connectivity index (χ3n) is 5.96. The number of alkyl halides is 1. The predicted molar refractivity (Wildman–Crippen MR) is 112 cm³/mol. The summed E-state index contributed by atoms with van der Waals surface area (Å²) in [5.41, 5.74) is -0.280. The Hall–Kier alpha value is -3.20. The highest BCUT2D eigenvalue weighted by Gasteiger charge is 2.64. The van der Waals surface area contributed by atoms with Crippen LogP contribution in [0.25, 0.3) is 10.9 Å². The second kappa shape index (κ2) is 6.91. The smallest absolute Gasteiger partial charge is 0.271 e. The number of H-pyrrole nitrogens is 1. The molecule has 8 nitrogen and oxygen atoms in total. The Balaban J connectivity index is 1.52. The Morgan fingerprint density at radius 2 is 2.23 bits per heavy atom. The molecule has 4 heterocycles. The van der Waals surface area contributed by atoms with E-state index >= 15 is 0 Å². The number of carbonyl (C=O) groups is 1. The minimum atomic E-state index is -0.669. The molecule has 0 spiro atoms. The van der Waals surface area contributed by atoms with E-state index < -0.39 is 23.7 Å². The third kappa shape index (κ3) is 3.20. The number of nitrogens with one attached hydrogen (secondary N) is 2. The summed E-state index contributed by atoms with van der Waals surface area (Å²) in [7, 11) is 0. The second-order valence-corrected chi connectivity index (χ2v) is 8.70. The van der Waals surface area contributed by atoms with Gasteiger partial charge in [-0.15, -0.1) is 0 Å². The number of halogens is 1. The number of hydrogen-bond donors (Lipinski definition) is 2. The number of benzene rings is 1. The van der Waals surface area contributed by atoms with Crippen LogP contribution in [0.2, 0.25) is 0 Å². The normalized spacial score (nSPS) is 24.4. The molecule has 2 saturated heterocycles. The molecular weight excluding hydrogens is 403 g/mol. The van der Waals surface area contributed by atoms with Gasteiger partial charge in [0.15, 0.2) is 0 Å². The number of rotatable bonds is 6. The molecule has 3 aromatic rings. The number of hydrogen-bond acceptors (Lipinski definition) is 5. The summed E-state index contributed by atoms with van der Waals surface area (Å²) < 4.78 is 26.7. The fourth-order valence-electron chi connectivity index (χ4n) is 4.53. The van der Waals surface area contributed by atoms with Crippen molar-refractivity contribution in [1.82, 2.24) is 14.8 Å². The van der Waals surface area contributed by atoms with Crippen molar-refractivity contribution in [3.8, 4) is 5.75 Å². The molecule has 0 atom stereocenters. The minimum Gasteiger partial charge on any atom is -0.490 e. The molecule has 6 rings (SSSR count). The van der Waals surface area contributed by atoms with Gasteiger partial charge in [-0.3, -0.25) is 14.3 Å². The van der Waals surface area contributed by atoms with Crippen LogP contribution in [0, 0.1) is 0 Å². The van der Waals surface area contributed by atoms with Gasteiger partial charge in [0.05, 0.1) is 29.3 Å². The fourth-order valence-corrected chi connectivity index (χ4v) is 4.53. The molecule has 31 heavy (non-hydrogen) atoms. The van der Waals surface area contributed by atoms with Crippen LogP contribution >= 0.6 is 0 Å². The first-order chi connectivity index (χ1) is 14.8. The van der Waals surface area contributed by atoms with E-state index in [1.165, 1.54) is 12.3 Å². The first kappa shape index (κ1) is 19.7. The zero-order valence-electron chi connectivity index (χ0n) is 17.3. The van der Waals surface area contributed by atoms with Crippen molar-refractivity contribution >= 4 is 22.5 Å². The highest BCUT2D eigenvalue weighted by molar-refractivity contribution is 6.08. The second-order valence-electron chi connectivity index (χ2n) is 8.70. The maximum Gasteiger partial charge on any atom is 0.271 e. The Kier molecular flexibility index (Phi) is 4.40. The van der Waals surface area contributed by atoms with Gasteiger partial charge in [0.1, 0.15) is 23.7 Å². The standard InChI is InChI=1S/C22H23FN4O4/c1-13(2)31-18-7-17-14(6-15(18)19(28)25-16-4-3-5-24-20(16)29)8-27(26-17)21-9-22(10-21,11-23)30-12-21/h3-8,13H,9-12H2,1-2H3,(H,24,29)(H,25,28). The van der Waals surface area contributed by atoms with Crippen LogP contribution < -0.4 is 15.6 Å². The first-order valence-electron chi connectivity index (χ1n) is 10.2. The van der Waals surface area contributed by atoms with Gasteiger partial charge >= 0.3 is 0 Å². The summed E-state index contributed by atoms with van der Waals surface area (Å²) >= 11 is 0. The SMILES string of the molecule is CC(C)Oc1cc2nn(C34COC(CF)(C3)C4)cc2cc1C(=O)Nc1ccc[nH]c1=O. The maximum atomic E-state index is 13.3. The molecule has 2 aromatic heterocycles. The van der Waals surface area contributed by atoms with Gasteiger partial charge in [0.25, 0.3) is 11.5 Å². The highest BCUT2D eigenvalue weighted by atomic mass is 19.1. The fraction of sp³-hybridized carbons (Fsp3) is 0.409. The van der Waals surface area contributed by atoms with E-state index in [0.717, 1.165) is 5.39 Å². The summed E-state index contributed by atoms with van der Waals surface area (Å²) in [6, 6.07) is 6.60. The van der Waals surface area contributed by atoms with E-state index in [1.807, 2.05) is 24.7 Å². The van der Waals surface area contributed by atoms with Crippen LogP contribution in [0.5, 0.6) is 5.75 Å². The number of carbonyl (C=O) groups excluding carboxylic acids is 1. The number of fused-ring (bicyclic) bond motifs is 2. The predicted octanol–water partition coefficient (Wildman–Crippen LogP) is 2.99. The quantitative estimate of drug-likeness (QED) is 0.632. The van der Waals surface area contributed by atoms with Gasteiger partial charge in [0.2, 0.25) is 0 Å². The molecule has 1 saturated carbocycles. The number of pyridine rings is 1. The molecule has 3 fully saturated rings. The molecular formula is C22H23FN4O4. The lowest BCUT2D eigenvalue weighted by Gasteiger charge is -2.42. The Labute approximate surface area is 177 Å². The number of aromatic amines is 1. The molecule has 0 unspecified atom stereocenters. The molecule has 0 radical (unpaired) electrons. The summed E-state index contributed by atoms with van der Waals surface area (Å²) in [6.45, 7) is 3.66. The topological polar surface area (TPSA) is 98.2 Å². The van der Waals surface area contributed by atoms with Gasteiger partial charge < -0.3 is 19.8 Å². The van der Waals surface area contributed by atoms with E-state index in [9.17, 15) is 14.0 Å². The molecule has 1 amide bonds. The van der Waals surface area contributed by atoms with Crippen molar-refractivity contribution in [2.24, 2.45) is 0 Å². The summed E-state index contributed by atoms with van der Waals surface area (Å²) in [4.78, 5) is 27.5. The molecule has 3 aliphatic rings. The van der Waals surface area contributed by atoms with Crippen LogP contribution in [0.15, 0.2) is 41.5 Å². The van der Waals surface area contributed by atoms with Gasteiger partial charge in [-0.05, 0) is 32.0 Å². The molecule has 9 heteroatoms. The van der Waals surface area contributed by atoms with Crippen LogP contribution in [-0.2, 0) is 10.3 Å². The van der Waals surface area contributed by atoms with Crippen molar-refractivity contribution in [2.45, 2.75) is 43.9 Å². The van der Waals surface area contributed by atoms with Crippen molar-refractivity contribution < 1.29 is 18.7 Å². The van der Waals surface area contributed by atoms with Crippen LogP contribution in [0.1, 0.15) is 37.0 Å². The average molecular weight is 426 g/mol. The molecule has 2 bridgehead atoms. The monoisotopic (exact) mass is 426 g/mol. The van der Waals surface area contributed by atoms with Gasteiger partial charge in [-0.2, -0.15) is 5.10 Å². The molecule has 162 valence electrons. The van der Waals surface area contributed by atoms with Gasteiger partial charge in [0, 0.05) is 36.7 Å². The van der Waals surface area contributed by atoms with E-state index in [-0.39, 0.29) is 17.3 Å². The number of ether oxygens (including phenoxy) is 2. The average Bonchev–Trinajstić information content (AvgIpc) is 3.39. The molecule has 1 aromatic carbocycles. The number of amides is 1. The number of anilines is 1. The van der Waals surface area contributed by atoms with Crippen molar-refractivity contribution in [3.63, 3.8) is 0 Å². The van der Waals surface area contributed by atoms with Crippen molar-refractivity contribution in [3.05, 3.63) is 52.6 Å². The van der Waals surface area contributed by atoms with Crippen molar-refractivity contribution in [1.29, 1.82) is 0 Å². The van der Waals surface area contributed by atoms with E-state index in [2.05, 4.69) is 15.4 Å². The lowest BCUT2D eigenvalue weighted by Crippen LogP contribution is -2.52. The Morgan fingerprint density at radius 1 is 1.42 bits per heavy atom. The third-order valence-corrected chi connectivity index (χ3v) is 5.96. The minimum absolute atomic E-state index is 0.151. The largest absolute Gasteiger partial charge is 0.490 e. The zero-order chi connectivity index (χ0) is 21.8. The van der Waals surface area contributed by atoms with Gasteiger partial charge in [-0.25, -0.2) is 4.39 Å². The Bertz CT molecular complexity index is 1230. The first-order valence-corrected chi connectivity index (χ1v) is 10.2. The van der Waals surface area contributed by atoms with E-state index in [0.29, 0.717) is 36.3 Å². The number of aromatic nitrogens is 3. The van der Waals surface area contributed by atoms with Crippen LogP contribution in [-0.4, -0.2) is 45.7 Å². The zero-order valence-corrected chi connectivity index (χ0v) is 17.3. The molecule has 1 aliphatic carbocycles.